The highest BCUT2D eigenvalue weighted by Crippen LogP contribution is 2.36. The molecule has 0 aromatic carbocycles. The number of halogens is 3. The van der Waals surface area contributed by atoms with Crippen LogP contribution >= 0.6 is 23.2 Å². The third kappa shape index (κ3) is 5.21. The van der Waals surface area contributed by atoms with Crippen LogP contribution in [-0.4, -0.2) is 69.4 Å². The topological polar surface area (TPSA) is 80.7 Å². The molecule has 0 unspecified atom stereocenters. The molecule has 2 aromatic heterocycles. The molecular weight excluding hydrogens is 484 g/mol. The predicted octanol–water partition coefficient (Wildman–Crippen LogP) is 5.02. The minimum absolute atomic E-state index is 0.00637. The fourth-order valence-electron chi connectivity index (χ4n) is 4.13. The van der Waals surface area contributed by atoms with Gasteiger partial charge in [0.1, 0.15) is 16.9 Å². The van der Waals surface area contributed by atoms with Gasteiger partial charge in [-0.05, 0) is 51.6 Å². The summed E-state index contributed by atoms with van der Waals surface area (Å²) in [5.41, 5.74) is -1.43. The molecule has 2 aliphatic rings. The maximum absolute atomic E-state index is 14.7. The van der Waals surface area contributed by atoms with E-state index in [0.717, 1.165) is 12.8 Å². The van der Waals surface area contributed by atoms with E-state index in [0.29, 0.717) is 43.9 Å². The van der Waals surface area contributed by atoms with Gasteiger partial charge in [-0.15, -0.1) is 6.58 Å². The lowest BCUT2D eigenvalue weighted by molar-refractivity contribution is -0.0407. The van der Waals surface area contributed by atoms with Crippen molar-refractivity contribution in [3.05, 3.63) is 35.1 Å². The third-order valence-corrected chi connectivity index (χ3v) is 6.23. The first-order valence-corrected chi connectivity index (χ1v) is 11.9. The molecule has 0 radical (unpaired) electrons. The highest BCUT2D eigenvalue weighted by atomic mass is 35.5. The van der Waals surface area contributed by atoms with E-state index < -0.39 is 23.1 Å². The smallest absolute Gasteiger partial charge is 0.410 e. The van der Waals surface area contributed by atoms with Crippen molar-refractivity contribution in [3.63, 3.8) is 0 Å². The molecule has 4 rings (SSSR count). The standard InChI is InChI=1S/C23H28Cl2FN5O3/c1-5-8-23(13-33-14-6-7-14)12-30(9-10-31(23)21(32)34-22(2,3)4)19-15-11-27-18(24)16(26)17(15)28-20(25)29-19/h5,11,14H,1,6-10,12-13H2,2-4H3/t23-/m1/s1. The van der Waals surface area contributed by atoms with Gasteiger partial charge in [-0.2, -0.15) is 4.98 Å². The zero-order valence-corrected chi connectivity index (χ0v) is 21.0. The van der Waals surface area contributed by atoms with Crippen molar-refractivity contribution in [3.8, 4) is 0 Å². The summed E-state index contributed by atoms with van der Waals surface area (Å²) in [6.45, 7) is 10.8. The van der Waals surface area contributed by atoms with Gasteiger partial charge in [-0.1, -0.05) is 17.7 Å². The number of fused-ring (bicyclic) bond motifs is 1. The Bertz CT molecular complexity index is 1110. The summed E-state index contributed by atoms with van der Waals surface area (Å²) >= 11 is 12.0. The Kier molecular flexibility index (Phi) is 6.90. The van der Waals surface area contributed by atoms with Crippen LogP contribution in [-0.2, 0) is 9.47 Å². The summed E-state index contributed by atoms with van der Waals surface area (Å²) in [7, 11) is 0. The molecule has 34 heavy (non-hydrogen) atoms. The van der Waals surface area contributed by atoms with Gasteiger partial charge in [0, 0.05) is 25.8 Å². The van der Waals surface area contributed by atoms with Gasteiger partial charge in [0.05, 0.1) is 23.6 Å². The number of hydrogen-bond donors (Lipinski definition) is 0. The molecule has 2 fully saturated rings. The molecule has 3 heterocycles. The fourth-order valence-corrected chi connectivity index (χ4v) is 4.43. The molecule has 11 heteroatoms. The number of rotatable bonds is 6. The molecule has 1 saturated carbocycles. The molecule has 1 atom stereocenters. The van der Waals surface area contributed by atoms with Crippen molar-refractivity contribution in [1.82, 2.24) is 19.9 Å². The number of amides is 1. The van der Waals surface area contributed by atoms with Gasteiger partial charge in [0.25, 0.3) is 0 Å². The molecule has 8 nitrogen and oxygen atoms in total. The first-order valence-electron chi connectivity index (χ1n) is 11.2. The fraction of sp³-hybridized carbons (Fsp3) is 0.565. The number of ether oxygens (including phenoxy) is 2. The summed E-state index contributed by atoms with van der Waals surface area (Å²) in [6, 6.07) is 0. The minimum atomic E-state index is -0.771. The van der Waals surface area contributed by atoms with E-state index in [1.165, 1.54) is 6.20 Å². The van der Waals surface area contributed by atoms with Crippen molar-refractivity contribution in [2.45, 2.75) is 57.3 Å². The van der Waals surface area contributed by atoms with E-state index in [1.54, 1.807) is 11.0 Å². The monoisotopic (exact) mass is 511 g/mol. The van der Waals surface area contributed by atoms with E-state index in [-0.39, 0.29) is 22.1 Å². The summed E-state index contributed by atoms with van der Waals surface area (Å²) < 4.78 is 26.5. The normalized spacial score (nSPS) is 21.1. The molecule has 1 aliphatic heterocycles. The SMILES string of the molecule is C=CC[C@]1(COC2CC2)CN(c2nc(Cl)nc3c(F)c(Cl)ncc23)CCN1C(=O)OC(C)(C)C. The Hall–Kier alpha value is -2.23. The lowest BCUT2D eigenvalue weighted by Gasteiger charge is -2.50. The first-order chi connectivity index (χ1) is 16.0. The van der Waals surface area contributed by atoms with E-state index in [9.17, 15) is 9.18 Å². The quantitative estimate of drug-likeness (QED) is 0.305. The number of pyridine rings is 1. The lowest BCUT2D eigenvalue weighted by Crippen LogP contribution is -2.66. The van der Waals surface area contributed by atoms with Crippen molar-refractivity contribution in [1.29, 1.82) is 0 Å². The highest BCUT2D eigenvalue weighted by molar-refractivity contribution is 6.30. The molecular formula is C23H28Cl2FN5O3. The van der Waals surface area contributed by atoms with Crippen LogP contribution in [0.15, 0.2) is 18.9 Å². The van der Waals surface area contributed by atoms with Gasteiger partial charge in [0.2, 0.25) is 5.28 Å². The van der Waals surface area contributed by atoms with Gasteiger partial charge in [-0.3, -0.25) is 4.90 Å². The maximum atomic E-state index is 14.7. The average Bonchev–Trinajstić information content (AvgIpc) is 3.58. The van der Waals surface area contributed by atoms with E-state index in [4.69, 9.17) is 32.7 Å². The van der Waals surface area contributed by atoms with E-state index in [2.05, 4.69) is 21.5 Å². The minimum Gasteiger partial charge on any atom is -0.444 e. The molecule has 0 N–H and O–H groups in total. The Balaban J connectivity index is 1.74. The van der Waals surface area contributed by atoms with E-state index >= 15 is 0 Å². The van der Waals surface area contributed by atoms with Crippen molar-refractivity contribution >= 4 is 46.0 Å². The predicted molar refractivity (Wildman–Crippen MR) is 129 cm³/mol. The van der Waals surface area contributed by atoms with Crippen LogP contribution < -0.4 is 4.90 Å². The van der Waals surface area contributed by atoms with Crippen LogP contribution in [0.4, 0.5) is 15.0 Å². The molecule has 2 aromatic rings. The number of carbonyl (C=O) groups excluding carboxylic acids is 1. The lowest BCUT2D eigenvalue weighted by atomic mass is 9.90. The molecule has 1 aliphatic carbocycles. The van der Waals surface area contributed by atoms with Crippen LogP contribution in [0.25, 0.3) is 10.9 Å². The Labute approximate surface area is 208 Å². The van der Waals surface area contributed by atoms with E-state index in [1.807, 2.05) is 25.7 Å². The average molecular weight is 512 g/mol. The van der Waals surface area contributed by atoms with Crippen LogP contribution in [0, 0.1) is 5.82 Å². The Morgan fingerprint density at radius 2 is 2.06 bits per heavy atom. The first kappa shape index (κ1) is 24.9. The second-order valence-corrected chi connectivity index (χ2v) is 10.4. The number of anilines is 1. The molecule has 0 bridgehead atoms. The number of carbonyl (C=O) groups is 1. The van der Waals surface area contributed by atoms with Gasteiger partial charge in [0.15, 0.2) is 11.0 Å². The zero-order valence-electron chi connectivity index (χ0n) is 19.5. The molecule has 184 valence electrons. The largest absolute Gasteiger partial charge is 0.444 e. The van der Waals surface area contributed by atoms with Crippen molar-refractivity contribution < 1.29 is 18.7 Å². The number of aromatic nitrogens is 3. The molecule has 1 amide bonds. The summed E-state index contributed by atoms with van der Waals surface area (Å²) in [5, 5.41) is -0.0174. The molecule has 1 saturated heterocycles. The van der Waals surface area contributed by atoms with Crippen LogP contribution in [0.1, 0.15) is 40.0 Å². The van der Waals surface area contributed by atoms with Crippen LogP contribution in [0.5, 0.6) is 0 Å². The maximum Gasteiger partial charge on any atom is 0.410 e. The van der Waals surface area contributed by atoms with Crippen LogP contribution in [0.3, 0.4) is 0 Å². The highest BCUT2D eigenvalue weighted by Gasteiger charge is 2.47. The Morgan fingerprint density at radius 1 is 1.32 bits per heavy atom. The summed E-state index contributed by atoms with van der Waals surface area (Å²) in [5.74, 6) is -0.340. The van der Waals surface area contributed by atoms with Gasteiger partial charge >= 0.3 is 6.09 Å². The number of piperazine rings is 1. The summed E-state index contributed by atoms with van der Waals surface area (Å²) in [4.78, 5) is 29.2. The second-order valence-electron chi connectivity index (χ2n) is 9.72. The molecule has 0 spiro atoms. The van der Waals surface area contributed by atoms with Gasteiger partial charge in [-0.25, -0.2) is 19.2 Å². The number of nitrogens with zero attached hydrogens (tertiary/aromatic N) is 5. The van der Waals surface area contributed by atoms with Gasteiger partial charge < -0.3 is 14.4 Å². The summed E-state index contributed by atoms with van der Waals surface area (Å²) in [6.07, 6.45) is 5.43. The Morgan fingerprint density at radius 3 is 2.71 bits per heavy atom. The van der Waals surface area contributed by atoms with Crippen LogP contribution in [0.2, 0.25) is 10.4 Å². The zero-order chi connectivity index (χ0) is 24.7. The second kappa shape index (κ2) is 9.43. The third-order valence-electron chi connectivity index (χ3n) is 5.80. The van der Waals surface area contributed by atoms with Crippen molar-refractivity contribution in [2.75, 3.05) is 31.1 Å². The number of hydrogen-bond acceptors (Lipinski definition) is 7. The van der Waals surface area contributed by atoms with Crippen molar-refractivity contribution in [2.24, 2.45) is 0 Å².